The lowest BCUT2D eigenvalue weighted by Gasteiger charge is -2.18. The molecule has 14 heavy (non-hydrogen) atoms. The van der Waals surface area contributed by atoms with Crippen molar-refractivity contribution in [1.82, 2.24) is 0 Å². The zero-order valence-corrected chi connectivity index (χ0v) is 9.10. The summed E-state index contributed by atoms with van der Waals surface area (Å²) in [6.45, 7) is 0.271. The maximum Gasteiger partial charge on any atom is 0.266 e. The number of benzene rings is 1. The first kappa shape index (κ1) is 9.90. The Labute approximate surface area is 89.8 Å². The third-order valence-electron chi connectivity index (χ3n) is 2.34. The number of anilines is 1. The van der Waals surface area contributed by atoms with Gasteiger partial charge in [0.05, 0.1) is 6.54 Å². The first-order valence-electron chi connectivity index (χ1n) is 4.45. The van der Waals surface area contributed by atoms with Crippen LogP contribution in [0.5, 0.6) is 0 Å². The summed E-state index contributed by atoms with van der Waals surface area (Å²) in [6.07, 6.45) is -0.0421. The van der Waals surface area contributed by atoms with Crippen molar-refractivity contribution in [1.29, 1.82) is 0 Å². The van der Waals surface area contributed by atoms with Crippen LogP contribution in [0.4, 0.5) is 14.5 Å². The number of hydrogen-bond acceptors (Lipinski definition) is 1. The molecule has 1 aromatic rings. The molecule has 0 unspecified atom stereocenters. The molecule has 0 aliphatic carbocycles. The molecule has 2 rings (SSSR count). The zero-order chi connectivity index (χ0) is 10.2. The summed E-state index contributed by atoms with van der Waals surface area (Å²) in [5.74, 6) is -2.53. The van der Waals surface area contributed by atoms with Gasteiger partial charge in [0.2, 0.25) is 0 Å². The fourth-order valence-electron chi connectivity index (χ4n) is 1.63. The Balaban J connectivity index is 2.17. The molecule has 1 aliphatic rings. The Bertz CT molecular complexity index is 341. The van der Waals surface area contributed by atoms with E-state index < -0.39 is 5.92 Å². The first-order valence-corrected chi connectivity index (χ1v) is 5.24. The maximum absolute atomic E-state index is 12.9. The summed E-state index contributed by atoms with van der Waals surface area (Å²) in [5, 5.41) is 0. The molecule has 1 aliphatic heterocycles. The molecule has 1 nitrogen and oxygen atoms in total. The molecule has 0 N–H and O–H groups in total. The van der Waals surface area contributed by atoms with E-state index in [4.69, 9.17) is 0 Å². The summed E-state index contributed by atoms with van der Waals surface area (Å²) < 4.78 is 26.8. The minimum absolute atomic E-state index is 0.0421. The Kier molecular flexibility index (Phi) is 2.47. The lowest BCUT2D eigenvalue weighted by molar-refractivity contribution is 0.0257. The van der Waals surface area contributed by atoms with Gasteiger partial charge in [-0.3, -0.25) is 0 Å². The molecular formula is C10H10BrF2N. The minimum atomic E-state index is -2.53. The lowest BCUT2D eigenvalue weighted by atomic mass is 10.3. The van der Waals surface area contributed by atoms with Gasteiger partial charge in [0.25, 0.3) is 5.92 Å². The van der Waals surface area contributed by atoms with Gasteiger partial charge in [0, 0.05) is 23.1 Å². The first-order chi connectivity index (χ1) is 6.57. The van der Waals surface area contributed by atoms with Gasteiger partial charge in [0.15, 0.2) is 0 Å². The predicted octanol–water partition coefficient (Wildman–Crippen LogP) is 3.29. The van der Waals surface area contributed by atoms with Crippen molar-refractivity contribution >= 4 is 21.6 Å². The quantitative estimate of drug-likeness (QED) is 0.750. The molecular weight excluding hydrogens is 252 g/mol. The molecule has 0 bridgehead atoms. The molecule has 1 saturated heterocycles. The smallest absolute Gasteiger partial charge is 0.266 e. The summed E-state index contributed by atoms with van der Waals surface area (Å²) in [7, 11) is 0. The van der Waals surface area contributed by atoms with Crippen LogP contribution in [0.2, 0.25) is 0 Å². The summed E-state index contributed by atoms with van der Waals surface area (Å²) >= 11 is 3.32. The van der Waals surface area contributed by atoms with Gasteiger partial charge in [-0.1, -0.05) is 22.0 Å². The van der Waals surface area contributed by atoms with E-state index in [0.29, 0.717) is 6.54 Å². The standard InChI is InChI=1S/C10H10BrF2N/c11-8-2-1-3-9(6-8)14-5-4-10(12,13)7-14/h1-3,6H,4-5,7H2. The van der Waals surface area contributed by atoms with E-state index in [1.807, 2.05) is 24.3 Å². The number of hydrogen-bond donors (Lipinski definition) is 0. The normalized spacial score (nSPS) is 20.1. The SMILES string of the molecule is FC1(F)CCN(c2cccc(Br)c2)C1. The molecule has 0 spiro atoms. The van der Waals surface area contributed by atoms with Crippen LogP contribution in [-0.2, 0) is 0 Å². The second kappa shape index (κ2) is 3.50. The summed E-state index contributed by atoms with van der Waals surface area (Å²) in [5.41, 5.74) is 0.858. The van der Waals surface area contributed by atoms with Crippen LogP contribution in [-0.4, -0.2) is 19.0 Å². The van der Waals surface area contributed by atoms with E-state index in [1.54, 1.807) is 4.90 Å². The van der Waals surface area contributed by atoms with Crippen molar-refractivity contribution in [3.8, 4) is 0 Å². The van der Waals surface area contributed by atoms with Crippen LogP contribution in [0.25, 0.3) is 0 Å². The van der Waals surface area contributed by atoms with Crippen molar-refractivity contribution in [3.63, 3.8) is 0 Å². The van der Waals surface area contributed by atoms with Crippen LogP contribution in [0.3, 0.4) is 0 Å². The van der Waals surface area contributed by atoms with Crippen LogP contribution >= 0.6 is 15.9 Å². The van der Waals surface area contributed by atoms with Crippen LogP contribution in [0, 0.1) is 0 Å². The summed E-state index contributed by atoms with van der Waals surface area (Å²) in [6, 6.07) is 7.46. The van der Waals surface area contributed by atoms with Crippen LogP contribution in [0.15, 0.2) is 28.7 Å². The topological polar surface area (TPSA) is 3.24 Å². The predicted molar refractivity (Wildman–Crippen MR) is 55.9 cm³/mol. The molecule has 0 atom stereocenters. The number of alkyl halides is 2. The second-order valence-corrected chi connectivity index (χ2v) is 4.42. The van der Waals surface area contributed by atoms with Crippen LogP contribution in [0.1, 0.15) is 6.42 Å². The van der Waals surface area contributed by atoms with Gasteiger partial charge in [-0.2, -0.15) is 0 Å². The zero-order valence-electron chi connectivity index (χ0n) is 7.51. The largest absolute Gasteiger partial charge is 0.365 e. The number of halogens is 3. The van der Waals surface area contributed by atoms with Crippen molar-refractivity contribution < 1.29 is 8.78 Å². The van der Waals surface area contributed by atoms with E-state index in [2.05, 4.69) is 15.9 Å². The van der Waals surface area contributed by atoms with Crippen LogP contribution < -0.4 is 4.90 Å². The van der Waals surface area contributed by atoms with Gasteiger partial charge in [-0.25, -0.2) is 8.78 Å². The van der Waals surface area contributed by atoms with E-state index in [9.17, 15) is 8.78 Å². The van der Waals surface area contributed by atoms with Crippen molar-refractivity contribution in [3.05, 3.63) is 28.7 Å². The molecule has 0 amide bonds. The van der Waals surface area contributed by atoms with Gasteiger partial charge >= 0.3 is 0 Å². The fourth-order valence-corrected chi connectivity index (χ4v) is 2.02. The van der Waals surface area contributed by atoms with Gasteiger partial charge in [-0.15, -0.1) is 0 Å². The van der Waals surface area contributed by atoms with E-state index in [1.165, 1.54) is 0 Å². The van der Waals surface area contributed by atoms with E-state index >= 15 is 0 Å². The summed E-state index contributed by atoms with van der Waals surface area (Å²) in [4.78, 5) is 1.71. The molecule has 0 saturated carbocycles. The third-order valence-corrected chi connectivity index (χ3v) is 2.84. The van der Waals surface area contributed by atoms with Gasteiger partial charge < -0.3 is 4.90 Å². The highest BCUT2D eigenvalue weighted by Crippen LogP contribution is 2.31. The highest BCUT2D eigenvalue weighted by atomic mass is 79.9. The molecule has 4 heteroatoms. The van der Waals surface area contributed by atoms with Gasteiger partial charge in [-0.05, 0) is 18.2 Å². The number of rotatable bonds is 1. The van der Waals surface area contributed by atoms with Gasteiger partial charge in [0.1, 0.15) is 0 Å². The fraction of sp³-hybridized carbons (Fsp3) is 0.400. The molecule has 0 radical (unpaired) electrons. The number of nitrogens with zero attached hydrogens (tertiary/aromatic N) is 1. The molecule has 0 aromatic heterocycles. The highest BCUT2D eigenvalue weighted by molar-refractivity contribution is 9.10. The molecule has 1 aromatic carbocycles. The highest BCUT2D eigenvalue weighted by Gasteiger charge is 2.38. The Hall–Kier alpha value is -0.640. The average Bonchev–Trinajstić information content (AvgIpc) is 2.46. The Morgan fingerprint density at radius 2 is 2.14 bits per heavy atom. The van der Waals surface area contributed by atoms with E-state index in [-0.39, 0.29) is 13.0 Å². The van der Waals surface area contributed by atoms with Crippen molar-refractivity contribution in [2.45, 2.75) is 12.3 Å². The minimum Gasteiger partial charge on any atom is -0.365 e. The maximum atomic E-state index is 12.9. The molecule has 76 valence electrons. The molecule has 1 fully saturated rings. The Morgan fingerprint density at radius 3 is 2.71 bits per heavy atom. The van der Waals surface area contributed by atoms with Crippen molar-refractivity contribution in [2.24, 2.45) is 0 Å². The van der Waals surface area contributed by atoms with E-state index in [0.717, 1.165) is 10.2 Å². The van der Waals surface area contributed by atoms with Crippen molar-refractivity contribution in [2.75, 3.05) is 18.0 Å². The average molecular weight is 262 g/mol. The lowest BCUT2D eigenvalue weighted by Crippen LogP contribution is -2.24. The third kappa shape index (κ3) is 2.05. The molecule has 1 heterocycles. The monoisotopic (exact) mass is 261 g/mol. The Morgan fingerprint density at radius 1 is 1.36 bits per heavy atom. The second-order valence-electron chi connectivity index (χ2n) is 3.51.